The normalized spacial score (nSPS) is 9.35. The molecule has 1 aromatic carbocycles. The quantitative estimate of drug-likeness (QED) is 0.836. The lowest BCUT2D eigenvalue weighted by Crippen LogP contribution is -1.99. The zero-order valence-corrected chi connectivity index (χ0v) is 10.2. The van der Waals surface area contributed by atoms with E-state index >= 15 is 0 Å². The minimum absolute atomic E-state index is 0.237. The van der Waals surface area contributed by atoms with Crippen LogP contribution in [0.15, 0.2) is 30.3 Å². The highest BCUT2D eigenvalue weighted by atomic mass is 16.4. The molecule has 1 heterocycles. The number of H-pyrrole nitrogens is 1. The molecular formula is C13H16N2O2. The first kappa shape index (κ1) is 13.0. The molecule has 0 spiro atoms. The van der Waals surface area contributed by atoms with Crippen LogP contribution in [-0.4, -0.2) is 21.3 Å². The molecule has 4 heteroatoms. The standard InChI is InChI=1S/C11H10N2O2.C2H6/c1-7-9(11(14)15)10(13-12-7)8-5-3-2-4-6-8;1-2/h2-6H,1H3,(H,12,13)(H,14,15);1-2H3. The Labute approximate surface area is 100 Å². The second-order valence-corrected chi connectivity index (χ2v) is 3.24. The number of benzene rings is 1. The number of aromatic amines is 1. The predicted molar refractivity (Wildman–Crippen MR) is 67.1 cm³/mol. The lowest BCUT2D eigenvalue weighted by atomic mass is 10.1. The first-order valence-electron chi connectivity index (χ1n) is 5.54. The van der Waals surface area contributed by atoms with Gasteiger partial charge in [0.25, 0.3) is 0 Å². The molecule has 0 saturated heterocycles. The number of nitrogens with zero attached hydrogens (tertiary/aromatic N) is 1. The Kier molecular flexibility index (Phi) is 4.46. The number of carboxylic acids is 1. The molecule has 2 N–H and O–H groups in total. The zero-order chi connectivity index (χ0) is 12.8. The molecule has 0 atom stereocenters. The number of carboxylic acid groups (broad SMARTS) is 1. The van der Waals surface area contributed by atoms with Crippen molar-refractivity contribution in [1.82, 2.24) is 10.2 Å². The summed E-state index contributed by atoms with van der Waals surface area (Å²) < 4.78 is 0. The van der Waals surface area contributed by atoms with Gasteiger partial charge in [0.15, 0.2) is 0 Å². The Bertz CT molecular complexity index is 489. The highest BCUT2D eigenvalue weighted by molar-refractivity contribution is 5.95. The van der Waals surface area contributed by atoms with Crippen molar-refractivity contribution in [1.29, 1.82) is 0 Å². The molecule has 1 aromatic heterocycles. The average molecular weight is 232 g/mol. The Morgan fingerprint density at radius 3 is 2.35 bits per heavy atom. The second-order valence-electron chi connectivity index (χ2n) is 3.24. The summed E-state index contributed by atoms with van der Waals surface area (Å²) in [5.41, 5.74) is 2.10. The molecule has 0 amide bonds. The van der Waals surface area contributed by atoms with Gasteiger partial charge < -0.3 is 5.11 Å². The van der Waals surface area contributed by atoms with Gasteiger partial charge in [-0.25, -0.2) is 4.79 Å². The van der Waals surface area contributed by atoms with E-state index in [1.54, 1.807) is 6.92 Å². The van der Waals surface area contributed by atoms with Crippen molar-refractivity contribution < 1.29 is 9.90 Å². The number of nitrogens with one attached hydrogen (secondary N) is 1. The van der Waals surface area contributed by atoms with Crippen LogP contribution in [0.1, 0.15) is 29.9 Å². The van der Waals surface area contributed by atoms with Crippen molar-refractivity contribution in [2.45, 2.75) is 20.8 Å². The second kappa shape index (κ2) is 5.84. The lowest BCUT2D eigenvalue weighted by molar-refractivity contribution is 0.0697. The SMILES string of the molecule is CC.Cc1[nH]nc(-c2ccccc2)c1C(=O)O. The fraction of sp³-hybridized carbons (Fsp3) is 0.231. The Hall–Kier alpha value is -2.10. The van der Waals surface area contributed by atoms with Crippen molar-refractivity contribution in [3.8, 4) is 11.3 Å². The lowest BCUT2D eigenvalue weighted by Gasteiger charge is -1.98. The fourth-order valence-electron chi connectivity index (χ4n) is 1.50. The average Bonchev–Trinajstić information content (AvgIpc) is 2.75. The minimum atomic E-state index is -0.958. The van der Waals surface area contributed by atoms with Crippen molar-refractivity contribution in [2.24, 2.45) is 0 Å². The van der Waals surface area contributed by atoms with Crippen LogP contribution in [0.4, 0.5) is 0 Å². The third-order valence-electron chi connectivity index (χ3n) is 2.21. The van der Waals surface area contributed by atoms with E-state index in [0.717, 1.165) is 5.56 Å². The largest absolute Gasteiger partial charge is 0.478 e. The number of rotatable bonds is 2. The van der Waals surface area contributed by atoms with Gasteiger partial charge in [-0.15, -0.1) is 0 Å². The molecule has 0 fully saturated rings. The minimum Gasteiger partial charge on any atom is -0.478 e. The van der Waals surface area contributed by atoms with Gasteiger partial charge >= 0.3 is 5.97 Å². The summed E-state index contributed by atoms with van der Waals surface area (Å²) in [6.45, 7) is 5.70. The highest BCUT2D eigenvalue weighted by Gasteiger charge is 2.17. The summed E-state index contributed by atoms with van der Waals surface area (Å²) in [7, 11) is 0. The summed E-state index contributed by atoms with van der Waals surface area (Å²) in [6.07, 6.45) is 0. The van der Waals surface area contributed by atoms with E-state index in [1.807, 2.05) is 44.2 Å². The van der Waals surface area contributed by atoms with Crippen molar-refractivity contribution in [3.05, 3.63) is 41.6 Å². The molecule has 4 nitrogen and oxygen atoms in total. The van der Waals surface area contributed by atoms with Gasteiger partial charge in [0.05, 0.1) is 0 Å². The van der Waals surface area contributed by atoms with Gasteiger partial charge in [0.2, 0.25) is 0 Å². The molecule has 2 rings (SSSR count). The van der Waals surface area contributed by atoms with Crippen LogP contribution in [0.25, 0.3) is 11.3 Å². The van der Waals surface area contributed by atoms with Crippen molar-refractivity contribution in [2.75, 3.05) is 0 Å². The summed E-state index contributed by atoms with van der Waals surface area (Å²) in [5.74, 6) is -0.958. The molecule has 0 aliphatic heterocycles. The molecule has 0 radical (unpaired) electrons. The van der Waals surface area contributed by atoms with Gasteiger partial charge in [-0.2, -0.15) is 5.10 Å². The van der Waals surface area contributed by atoms with E-state index in [4.69, 9.17) is 5.11 Å². The topological polar surface area (TPSA) is 66.0 Å². The Morgan fingerprint density at radius 2 is 1.82 bits per heavy atom. The van der Waals surface area contributed by atoms with Crippen LogP contribution in [0.3, 0.4) is 0 Å². The number of aromatic nitrogens is 2. The van der Waals surface area contributed by atoms with Crippen molar-refractivity contribution >= 4 is 5.97 Å². The van der Waals surface area contributed by atoms with E-state index in [-0.39, 0.29) is 5.56 Å². The zero-order valence-electron chi connectivity index (χ0n) is 10.2. The van der Waals surface area contributed by atoms with Gasteiger partial charge in [-0.3, -0.25) is 5.10 Å². The van der Waals surface area contributed by atoms with Gasteiger partial charge in [0.1, 0.15) is 11.3 Å². The van der Waals surface area contributed by atoms with Crippen LogP contribution >= 0.6 is 0 Å². The smallest absolute Gasteiger partial charge is 0.339 e. The molecule has 0 aliphatic carbocycles. The summed E-state index contributed by atoms with van der Waals surface area (Å²) in [4.78, 5) is 11.0. The maximum atomic E-state index is 11.0. The maximum absolute atomic E-state index is 11.0. The summed E-state index contributed by atoms with van der Waals surface area (Å²) >= 11 is 0. The summed E-state index contributed by atoms with van der Waals surface area (Å²) in [5, 5.41) is 15.7. The van der Waals surface area contributed by atoms with Gasteiger partial charge in [0, 0.05) is 11.3 Å². The molecule has 2 aromatic rings. The van der Waals surface area contributed by atoms with Crippen LogP contribution in [0.5, 0.6) is 0 Å². The van der Waals surface area contributed by atoms with E-state index in [1.165, 1.54) is 0 Å². The number of hydrogen-bond donors (Lipinski definition) is 2. The van der Waals surface area contributed by atoms with E-state index < -0.39 is 5.97 Å². The van der Waals surface area contributed by atoms with E-state index in [9.17, 15) is 4.79 Å². The molecule has 0 saturated carbocycles. The first-order valence-corrected chi connectivity index (χ1v) is 5.54. The molecule has 0 unspecified atom stereocenters. The Morgan fingerprint density at radius 1 is 1.24 bits per heavy atom. The highest BCUT2D eigenvalue weighted by Crippen LogP contribution is 2.22. The van der Waals surface area contributed by atoms with Crippen molar-refractivity contribution in [3.63, 3.8) is 0 Å². The number of hydrogen-bond acceptors (Lipinski definition) is 2. The van der Waals surface area contributed by atoms with E-state index in [2.05, 4.69) is 10.2 Å². The predicted octanol–water partition coefficient (Wildman–Crippen LogP) is 3.11. The number of aryl methyl sites for hydroxylation is 1. The molecular weight excluding hydrogens is 216 g/mol. The van der Waals surface area contributed by atoms with E-state index in [0.29, 0.717) is 11.4 Å². The molecule has 0 aliphatic rings. The first-order chi connectivity index (χ1) is 8.20. The molecule has 90 valence electrons. The third-order valence-corrected chi connectivity index (χ3v) is 2.21. The van der Waals surface area contributed by atoms with Gasteiger partial charge in [-0.1, -0.05) is 44.2 Å². The fourth-order valence-corrected chi connectivity index (χ4v) is 1.50. The monoisotopic (exact) mass is 232 g/mol. The number of carbonyl (C=O) groups is 1. The van der Waals surface area contributed by atoms with Crippen LogP contribution in [0.2, 0.25) is 0 Å². The van der Waals surface area contributed by atoms with Crippen LogP contribution in [0, 0.1) is 6.92 Å². The molecule has 17 heavy (non-hydrogen) atoms. The van der Waals surface area contributed by atoms with Crippen LogP contribution in [-0.2, 0) is 0 Å². The molecule has 0 bridgehead atoms. The third kappa shape index (κ3) is 2.72. The number of aromatic carboxylic acids is 1. The van der Waals surface area contributed by atoms with Gasteiger partial charge in [-0.05, 0) is 6.92 Å². The van der Waals surface area contributed by atoms with Crippen LogP contribution < -0.4 is 0 Å². The summed E-state index contributed by atoms with van der Waals surface area (Å²) in [6, 6.07) is 9.25. The Balaban J connectivity index is 0.000000686. The maximum Gasteiger partial charge on any atom is 0.339 e.